The molecule has 1 atom stereocenters. The lowest BCUT2D eigenvalue weighted by molar-refractivity contribution is 0.0939. The van der Waals surface area contributed by atoms with Gasteiger partial charge in [0.05, 0.1) is 18.9 Å². The summed E-state index contributed by atoms with van der Waals surface area (Å²) in [5, 5.41) is 11.1. The second kappa shape index (κ2) is 9.23. The van der Waals surface area contributed by atoms with Gasteiger partial charge in [0.2, 0.25) is 0 Å². The maximum absolute atomic E-state index is 12.9. The number of thiocarbonyl (C=S) groups is 1. The summed E-state index contributed by atoms with van der Waals surface area (Å²) in [4.78, 5) is 19.1. The highest BCUT2D eigenvalue weighted by atomic mass is 32.1. The van der Waals surface area contributed by atoms with Gasteiger partial charge in [0.1, 0.15) is 11.6 Å². The molecule has 1 amide bonds. The molecule has 0 unspecified atom stereocenters. The Balaban J connectivity index is 1.37. The van der Waals surface area contributed by atoms with Crippen LogP contribution in [0.2, 0.25) is 0 Å². The average Bonchev–Trinajstić information content (AvgIpc) is 3.44. The summed E-state index contributed by atoms with van der Waals surface area (Å²) in [5.41, 5.74) is 8.88. The largest absolute Gasteiger partial charge is 0.497 e. The van der Waals surface area contributed by atoms with Crippen LogP contribution in [0.25, 0.3) is 11.1 Å². The lowest BCUT2D eigenvalue weighted by atomic mass is 10.1. The van der Waals surface area contributed by atoms with Crippen molar-refractivity contribution in [2.45, 2.75) is 12.5 Å². The zero-order chi connectivity index (χ0) is 22.7. The van der Waals surface area contributed by atoms with Gasteiger partial charge < -0.3 is 26.0 Å². The lowest BCUT2D eigenvalue weighted by Gasteiger charge is -2.21. The van der Waals surface area contributed by atoms with Gasteiger partial charge in [0.25, 0.3) is 5.91 Å². The van der Waals surface area contributed by atoms with E-state index in [-0.39, 0.29) is 17.8 Å². The van der Waals surface area contributed by atoms with Crippen LogP contribution in [0, 0.1) is 0 Å². The van der Waals surface area contributed by atoms with Gasteiger partial charge in [-0.15, -0.1) is 0 Å². The Morgan fingerprint density at radius 2 is 2.03 bits per heavy atom. The van der Waals surface area contributed by atoms with Crippen molar-refractivity contribution in [1.82, 2.24) is 25.0 Å². The highest BCUT2D eigenvalue weighted by molar-refractivity contribution is 7.80. The number of ether oxygens (including phenoxy) is 1. The molecule has 2 aromatic heterocycles. The molecular formula is C22H25N7O2S. The molecule has 32 heavy (non-hydrogen) atoms. The van der Waals surface area contributed by atoms with E-state index in [1.165, 1.54) is 0 Å². The molecule has 4 rings (SSSR count). The number of aryl methyl sites for hydroxylation is 1. The fraction of sp³-hybridized carbons (Fsp3) is 0.273. The number of nitrogens with zero attached hydrogens (tertiary/aromatic N) is 4. The van der Waals surface area contributed by atoms with Gasteiger partial charge >= 0.3 is 0 Å². The molecule has 0 spiro atoms. The van der Waals surface area contributed by atoms with Gasteiger partial charge in [-0.2, -0.15) is 5.10 Å². The molecule has 0 radical (unpaired) electrons. The molecule has 1 aliphatic heterocycles. The van der Waals surface area contributed by atoms with Crippen LogP contribution in [0.3, 0.4) is 0 Å². The molecule has 3 aromatic rings. The normalized spacial score (nSPS) is 15.4. The Labute approximate surface area is 191 Å². The van der Waals surface area contributed by atoms with Crippen LogP contribution in [0.4, 0.5) is 11.5 Å². The minimum atomic E-state index is -0.248. The van der Waals surface area contributed by atoms with Crippen LogP contribution in [0.1, 0.15) is 16.8 Å². The number of benzene rings is 1. The van der Waals surface area contributed by atoms with Crippen molar-refractivity contribution in [3.63, 3.8) is 0 Å². The van der Waals surface area contributed by atoms with Crippen molar-refractivity contribution in [3.05, 3.63) is 54.5 Å². The Bertz CT molecular complexity index is 1130. The van der Waals surface area contributed by atoms with Gasteiger partial charge in [-0.05, 0) is 49.0 Å². The highest BCUT2D eigenvalue weighted by Crippen LogP contribution is 2.22. The fourth-order valence-electron chi connectivity index (χ4n) is 3.59. The Hall–Kier alpha value is -3.66. The minimum absolute atomic E-state index is 0.0421. The monoisotopic (exact) mass is 451 g/mol. The number of rotatable bonds is 5. The van der Waals surface area contributed by atoms with Crippen molar-refractivity contribution in [2.24, 2.45) is 7.05 Å². The third kappa shape index (κ3) is 4.80. The van der Waals surface area contributed by atoms with Crippen LogP contribution < -0.4 is 21.1 Å². The summed E-state index contributed by atoms with van der Waals surface area (Å²) >= 11 is 5.54. The zero-order valence-corrected chi connectivity index (χ0v) is 18.7. The van der Waals surface area contributed by atoms with Crippen molar-refractivity contribution in [2.75, 3.05) is 31.2 Å². The molecule has 9 nitrogen and oxygen atoms in total. The lowest BCUT2D eigenvalue weighted by Crippen LogP contribution is -2.39. The summed E-state index contributed by atoms with van der Waals surface area (Å²) in [7, 11) is 3.46. The maximum Gasteiger partial charge on any atom is 0.255 e. The number of hydrogen-bond donors (Lipinski definition) is 3. The number of pyridine rings is 1. The summed E-state index contributed by atoms with van der Waals surface area (Å²) in [6.45, 7) is 1.36. The first-order valence-electron chi connectivity index (χ1n) is 10.2. The number of nitrogen functional groups attached to an aromatic ring is 1. The summed E-state index contributed by atoms with van der Waals surface area (Å²) < 4.78 is 6.87. The van der Waals surface area contributed by atoms with Crippen molar-refractivity contribution in [3.8, 4) is 16.9 Å². The van der Waals surface area contributed by atoms with Crippen molar-refractivity contribution in [1.29, 1.82) is 0 Å². The molecule has 3 heterocycles. The maximum atomic E-state index is 12.9. The third-order valence-electron chi connectivity index (χ3n) is 5.35. The number of nitrogens with one attached hydrogen (secondary N) is 2. The topological polar surface area (TPSA) is 110 Å². The van der Waals surface area contributed by atoms with Gasteiger partial charge in [0.15, 0.2) is 5.11 Å². The minimum Gasteiger partial charge on any atom is -0.497 e. The van der Waals surface area contributed by atoms with Crippen LogP contribution in [-0.2, 0) is 7.05 Å². The molecule has 0 aliphatic carbocycles. The standard InChI is InChI=1S/C22H25N7O2S/c1-28-12-15(11-25-28)14-9-19(20(23)24-10-14)21(30)26-17-7-8-29(13-17)22(32)27-16-3-5-18(31-2)6-4-16/h3-6,9-12,17H,7-8,13H2,1-2H3,(H2,23,24)(H,26,30)(H,27,32)/t17-/m1/s1. The molecule has 0 saturated carbocycles. The molecule has 1 aromatic carbocycles. The number of amides is 1. The highest BCUT2D eigenvalue weighted by Gasteiger charge is 2.27. The number of methoxy groups -OCH3 is 1. The van der Waals surface area contributed by atoms with E-state index >= 15 is 0 Å². The summed E-state index contributed by atoms with van der Waals surface area (Å²) in [6, 6.07) is 9.26. The first-order chi connectivity index (χ1) is 15.4. The predicted molar refractivity (Wildman–Crippen MR) is 128 cm³/mol. The fourth-order valence-corrected chi connectivity index (χ4v) is 3.87. The molecule has 0 bridgehead atoms. The average molecular weight is 452 g/mol. The third-order valence-corrected chi connectivity index (χ3v) is 5.71. The van der Waals surface area contributed by atoms with E-state index in [2.05, 4.69) is 20.7 Å². The Kier molecular flexibility index (Phi) is 6.22. The van der Waals surface area contributed by atoms with E-state index in [0.717, 1.165) is 35.5 Å². The first kappa shape index (κ1) is 21.6. The van der Waals surface area contributed by atoms with Crippen LogP contribution in [0.5, 0.6) is 5.75 Å². The number of carbonyl (C=O) groups excluding carboxylic acids is 1. The second-order valence-corrected chi connectivity index (χ2v) is 8.01. The van der Waals surface area contributed by atoms with E-state index in [9.17, 15) is 4.79 Å². The number of nitrogens with two attached hydrogens (primary N) is 1. The molecular weight excluding hydrogens is 426 g/mol. The van der Waals surface area contributed by atoms with Crippen LogP contribution in [-0.4, -0.2) is 56.9 Å². The zero-order valence-electron chi connectivity index (χ0n) is 17.9. The molecule has 4 N–H and O–H groups in total. The van der Waals surface area contributed by atoms with Crippen molar-refractivity contribution >= 4 is 34.7 Å². The van der Waals surface area contributed by atoms with Crippen LogP contribution in [0.15, 0.2) is 48.9 Å². The Morgan fingerprint density at radius 3 is 2.72 bits per heavy atom. The molecule has 1 aliphatic rings. The van der Waals surface area contributed by atoms with Gasteiger partial charge in [-0.25, -0.2) is 4.98 Å². The van der Waals surface area contributed by atoms with Crippen molar-refractivity contribution < 1.29 is 9.53 Å². The smallest absolute Gasteiger partial charge is 0.255 e. The molecule has 1 saturated heterocycles. The Morgan fingerprint density at radius 1 is 1.25 bits per heavy atom. The number of likely N-dealkylation sites (tertiary alicyclic amines) is 1. The SMILES string of the molecule is COc1ccc(NC(=S)N2CC[C@@H](NC(=O)c3cc(-c4cnn(C)c4)cnc3N)C2)cc1. The number of carbonyl (C=O) groups is 1. The van der Waals surface area contributed by atoms with Gasteiger partial charge in [-0.1, -0.05) is 0 Å². The number of hydrogen-bond acceptors (Lipinski definition) is 6. The quantitative estimate of drug-likeness (QED) is 0.507. The number of anilines is 2. The van der Waals surface area contributed by atoms with Gasteiger partial charge in [0, 0.05) is 55.4 Å². The van der Waals surface area contributed by atoms with E-state index in [4.69, 9.17) is 22.7 Å². The molecule has 1 fully saturated rings. The molecule has 10 heteroatoms. The van der Waals surface area contributed by atoms with Gasteiger partial charge in [-0.3, -0.25) is 9.48 Å². The van der Waals surface area contributed by atoms with E-state index in [0.29, 0.717) is 17.2 Å². The van der Waals surface area contributed by atoms with E-state index < -0.39 is 0 Å². The predicted octanol–water partition coefficient (Wildman–Crippen LogP) is 2.27. The second-order valence-electron chi connectivity index (χ2n) is 7.62. The number of aromatic nitrogens is 3. The first-order valence-corrected chi connectivity index (χ1v) is 10.6. The molecule has 166 valence electrons. The van der Waals surface area contributed by atoms with E-state index in [1.807, 2.05) is 42.4 Å². The van der Waals surface area contributed by atoms with E-state index in [1.54, 1.807) is 30.3 Å². The summed E-state index contributed by atoms with van der Waals surface area (Å²) in [6.07, 6.45) is 6.01. The summed E-state index contributed by atoms with van der Waals surface area (Å²) in [5.74, 6) is 0.732. The van der Waals surface area contributed by atoms with Crippen LogP contribution >= 0.6 is 12.2 Å².